The monoisotopic (exact) mass is 194 g/mol. The second-order valence-electron chi connectivity index (χ2n) is 3.60. The number of rotatable bonds is 1. The summed E-state index contributed by atoms with van der Waals surface area (Å²) in [7, 11) is 0. The first-order valence-electron chi connectivity index (χ1n) is 4.83. The molecule has 1 rings (SSSR count). The third-order valence-corrected chi connectivity index (χ3v) is 4.01. The van der Waals surface area contributed by atoms with Gasteiger partial charge in [0.15, 0.2) is 0 Å². The third kappa shape index (κ3) is 1.86. The van der Waals surface area contributed by atoms with Gasteiger partial charge < -0.3 is 0 Å². The molecule has 1 aromatic heterocycles. The van der Waals surface area contributed by atoms with Crippen LogP contribution in [0.2, 0.25) is 0 Å². The molecule has 0 aliphatic rings. The van der Waals surface area contributed by atoms with Crippen molar-refractivity contribution in [2.75, 3.05) is 0 Å². The van der Waals surface area contributed by atoms with Crippen molar-refractivity contribution in [1.82, 2.24) is 0 Å². The molecule has 0 radical (unpaired) electrons. The van der Waals surface area contributed by atoms with Gasteiger partial charge in [-0.2, -0.15) is 0 Å². The Morgan fingerprint density at radius 1 is 1.15 bits per heavy atom. The van der Waals surface area contributed by atoms with Crippen LogP contribution >= 0.6 is 11.3 Å². The number of hydrogen-bond donors (Lipinski definition) is 0. The average Bonchev–Trinajstić information content (AvgIpc) is 2.41. The Labute approximate surface area is 84.6 Å². The third-order valence-electron chi connectivity index (χ3n) is 2.33. The Hall–Kier alpha value is -0.560. The zero-order valence-electron chi connectivity index (χ0n) is 9.14. The van der Waals surface area contributed by atoms with Crippen LogP contribution in [0.1, 0.15) is 44.1 Å². The zero-order valence-corrected chi connectivity index (χ0v) is 9.96. The zero-order chi connectivity index (χ0) is 10.0. The summed E-state index contributed by atoms with van der Waals surface area (Å²) in [6.45, 7) is 11.0. The second-order valence-corrected chi connectivity index (χ2v) is 4.69. The van der Waals surface area contributed by atoms with E-state index in [1.54, 1.807) is 0 Å². The average molecular weight is 194 g/mol. The Morgan fingerprint density at radius 3 is 2.08 bits per heavy atom. The fourth-order valence-electron chi connectivity index (χ4n) is 1.69. The van der Waals surface area contributed by atoms with Crippen LogP contribution in [-0.4, -0.2) is 0 Å². The molecule has 0 unspecified atom stereocenters. The maximum absolute atomic E-state index is 2.26. The quantitative estimate of drug-likeness (QED) is 0.645. The molecular formula is C12H18S. The summed E-state index contributed by atoms with van der Waals surface area (Å²) in [5, 5.41) is 1.43. The molecule has 0 saturated carbocycles. The van der Waals surface area contributed by atoms with Crippen molar-refractivity contribution in [2.45, 2.75) is 40.5 Å². The van der Waals surface area contributed by atoms with Gasteiger partial charge >= 0.3 is 0 Å². The molecule has 0 nitrogen and oxygen atoms in total. The van der Waals surface area contributed by atoms with E-state index in [2.05, 4.69) is 46.8 Å². The highest BCUT2D eigenvalue weighted by atomic mass is 32.1. The van der Waals surface area contributed by atoms with Crippen molar-refractivity contribution in [2.24, 2.45) is 0 Å². The smallest absolute Gasteiger partial charge is 0.0302 e. The molecule has 0 spiro atoms. The van der Waals surface area contributed by atoms with Crippen molar-refractivity contribution < 1.29 is 0 Å². The molecule has 1 heterocycles. The first-order valence-corrected chi connectivity index (χ1v) is 5.65. The predicted octanol–water partition coefficient (Wildman–Crippen LogP) is 2.78. The normalized spacial score (nSPS) is 14.6. The summed E-state index contributed by atoms with van der Waals surface area (Å²) >= 11 is 1.93. The molecule has 0 saturated heterocycles. The SMILES string of the molecule is C/C=c1/c(C)c(C(C)C)s/c1=C/C. The van der Waals surface area contributed by atoms with E-state index in [9.17, 15) is 0 Å². The van der Waals surface area contributed by atoms with E-state index < -0.39 is 0 Å². The van der Waals surface area contributed by atoms with E-state index in [0.29, 0.717) is 5.92 Å². The van der Waals surface area contributed by atoms with Crippen LogP contribution in [0, 0.1) is 6.92 Å². The van der Waals surface area contributed by atoms with E-state index in [1.165, 1.54) is 20.2 Å². The van der Waals surface area contributed by atoms with Gasteiger partial charge in [-0.25, -0.2) is 0 Å². The van der Waals surface area contributed by atoms with E-state index in [-0.39, 0.29) is 0 Å². The minimum atomic E-state index is 0.650. The van der Waals surface area contributed by atoms with Gasteiger partial charge in [-0.3, -0.25) is 0 Å². The van der Waals surface area contributed by atoms with Crippen LogP contribution in [0.5, 0.6) is 0 Å². The summed E-state index contributed by atoms with van der Waals surface area (Å²) in [5.41, 5.74) is 1.47. The van der Waals surface area contributed by atoms with Gasteiger partial charge in [0.05, 0.1) is 0 Å². The minimum absolute atomic E-state index is 0.650. The van der Waals surface area contributed by atoms with Gasteiger partial charge in [-0.15, -0.1) is 11.3 Å². The maximum atomic E-state index is 2.26. The summed E-state index contributed by atoms with van der Waals surface area (Å²) in [6.07, 6.45) is 4.42. The molecule has 13 heavy (non-hydrogen) atoms. The lowest BCUT2D eigenvalue weighted by Gasteiger charge is -2.01. The molecule has 1 heteroatoms. The molecule has 0 fully saturated rings. The second kappa shape index (κ2) is 4.10. The summed E-state index contributed by atoms with van der Waals surface area (Å²) in [5.74, 6) is 0.650. The minimum Gasteiger partial charge on any atom is -0.140 e. The van der Waals surface area contributed by atoms with Gasteiger partial charge in [0.2, 0.25) is 0 Å². The highest BCUT2D eigenvalue weighted by Gasteiger charge is 2.07. The molecular weight excluding hydrogens is 176 g/mol. The van der Waals surface area contributed by atoms with Gasteiger partial charge in [-0.1, -0.05) is 26.0 Å². The lowest BCUT2D eigenvalue weighted by atomic mass is 10.1. The topological polar surface area (TPSA) is 0 Å². The lowest BCUT2D eigenvalue weighted by Crippen LogP contribution is -2.19. The van der Waals surface area contributed by atoms with Crippen molar-refractivity contribution in [3.63, 3.8) is 0 Å². The van der Waals surface area contributed by atoms with Crippen LogP contribution in [0.15, 0.2) is 0 Å². The Kier molecular flexibility index (Phi) is 3.32. The largest absolute Gasteiger partial charge is 0.140 e. The Morgan fingerprint density at radius 2 is 1.77 bits per heavy atom. The number of thiophene rings is 1. The molecule has 0 amide bonds. The Balaban J connectivity index is 3.56. The highest BCUT2D eigenvalue weighted by Crippen LogP contribution is 2.18. The molecule has 0 bridgehead atoms. The summed E-state index contributed by atoms with van der Waals surface area (Å²) < 4.78 is 1.42. The molecule has 0 atom stereocenters. The van der Waals surface area contributed by atoms with Gasteiger partial charge in [-0.05, 0) is 37.5 Å². The molecule has 1 aromatic rings. The van der Waals surface area contributed by atoms with Crippen LogP contribution in [0.3, 0.4) is 0 Å². The van der Waals surface area contributed by atoms with Crippen molar-refractivity contribution >= 4 is 23.5 Å². The first kappa shape index (κ1) is 10.5. The lowest BCUT2D eigenvalue weighted by molar-refractivity contribution is 0.880. The van der Waals surface area contributed by atoms with E-state index in [4.69, 9.17) is 0 Å². The maximum Gasteiger partial charge on any atom is 0.0302 e. The molecule has 0 aliphatic heterocycles. The fraction of sp³-hybridized carbons (Fsp3) is 0.500. The molecule has 0 aliphatic carbocycles. The predicted molar refractivity (Wildman–Crippen MR) is 62.7 cm³/mol. The number of hydrogen-bond acceptors (Lipinski definition) is 1. The van der Waals surface area contributed by atoms with Crippen molar-refractivity contribution in [3.8, 4) is 0 Å². The van der Waals surface area contributed by atoms with Crippen LogP contribution in [-0.2, 0) is 0 Å². The Bertz CT molecular complexity index is 393. The summed E-state index contributed by atoms with van der Waals surface area (Å²) in [4.78, 5) is 1.53. The van der Waals surface area contributed by atoms with E-state index in [0.717, 1.165) is 0 Å². The van der Waals surface area contributed by atoms with E-state index >= 15 is 0 Å². The summed E-state index contributed by atoms with van der Waals surface area (Å²) in [6, 6.07) is 0. The highest BCUT2D eigenvalue weighted by molar-refractivity contribution is 7.10. The van der Waals surface area contributed by atoms with E-state index in [1.807, 2.05) is 11.3 Å². The van der Waals surface area contributed by atoms with Gasteiger partial charge in [0.25, 0.3) is 0 Å². The standard InChI is InChI=1S/C12H18S/c1-6-10-9(5)12(8(3)4)13-11(10)7-2/h6-8H,1-5H3/b10-6-,11-7+. The van der Waals surface area contributed by atoms with Crippen molar-refractivity contribution in [3.05, 3.63) is 20.2 Å². The van der Waals surface area contributed by atoms with Crippen LogP contribution in [0.4, 0.5) is 0 Å². The molecule has 72 valence electrons. The van der Waals surface area contributed by atoms with Gasteiger partial charge in [0, 0.05) is 9.41 Å². The van der Waals surface area contributed by atoms with Crippen LogP contribution < -0.4 is 9.75 Å². The molecule has 0 aromatic carbocycles. The fourth-order valence-corrected chi connectivity index (χ4v) is 2.93. The van der Waals surface area contributed by atoms with Gasteiger partial charge in [0.1, 0.15) is 0 Å². The molecule has 0 N–H and O–H groups in total. The van der Waals surface area contributed by atoms with Crippen LogP contribution in [0.25, 0.3) is 12.2 Å². The van der Waals surface area contributed by atoms with Crippen molar-refractivity contribution in [1.29, 1.82) is 0 Å². The first-order chi connectivity index (χ1) is 6.11.